The van der Waals surface area contributed by atoms with Crippen LogP contribution >= 0.6 is 0 Å². The molecule has 1 aliphatic heterocycles. The highest BCUT2D eigenvalue weighted by molar-refractivity contribution is 5.71. The van der Waals surface area contributed by atoms with E-state index in [1.54, 1.807) is 0 Å². The zero-order valence-corrected chi connectivity index (χ0v) is 25.9. The quantitative estimate of drug-likeness (QED) is 0.168. The van der Waals surface area contributed by atoms with E-state index in [0.29, 0.717) is 13.0 Å². The first kappa shape index (κ1) is 31.9. The van der Waals surface area contributed by atoms with Crippen LogP contribution in [0.1, 0.15) is 126 Å². The number of hydrogen-bond acceptors (Lipinski definition) is 4. The van der Waals surface area contributed by atoms with Crippen LogP contribution in [0.4, 0.5) is 0 Å². The van der Waals surface area contributed by atoms with Gasteiger partial charge in [0.1, 0.15) is 18.5 Å². The summed E-state index contributed by atoms with van der Waals surface area (Å²) in [5.74, 6) is 0.713. The molecule has 1 saturated heterocycles. The summed E-state index contributed by atoms with van der Waals surface area (Å²) < 4.78 is 11.3. The molecule has 0 saturated carbocycles. The van der Waals surface area contributed by atoms with Crippen molar-refractivity contribution in [1.82, 2.24) is 0 Å². The molecule has 2 aromatic rings. The monoisotopic (exact) mass is 548 g/mol. The zero-order chi connectivity index (χ0) is 29.2. The molecule has 220 valence electrons. The first-order chi connectivity index (χ1) is 19.2. The van der Waals surface area contributed by atoms with Crippen LogP contribution in [0.2, 0.25) is 0 Å². The van der Waals surface area contributed by atoms with E-state index in [9.17, 15) is 9.90 Å². The van der Waals surface area contributed by atoms with E-state index >= 15 is 0 Å². The van der Waals surface area contributed by atoms with Gasteiger partial charge in [0.15, 0.2) is 0 Å². The van der Waals surface area contributed by atoms with Crippen molar-refractivity contribution in [3.05, 3.63) is 70.3 Å². The fourth-order valence-electron chi connectivity index (χ4n) is 6.04. The summed E-state index contributed by atoms with van der Waals surface area (Å²) in [6.45, 7) is 13.5. The Morgan fingerprint density at radius 3 is 2.17 bits per heavy atom. The molecule has 0 bridgehead atoms. The molecule has 4 nitrogen and oxygen atoms in total. The summed E-state index contributed by atoms with van der Waals surface area (Å²) >= 11 is 0. The lowest BCUT2D eigenvalue weighted by Crippen LogP contribution is -2.26. The Labute approximate surface area is 243 Å². The topological polar surface area (TPSA) is 55.8 Å². The van der Waals surface area contributed by atoms with E-state index in [2.05, 4.69) is 84.0 Å². The first-order valence-corrected chi connectivity index (χ1v) is 15.7. The molecular weight excluding hydrogens is 496 g/mol. The van der Waals surface area contributed by atoms with Gasteiger partial charge in [-0.25, -0.2) is 0 Å². The first-order valence-electron chi connectivity index (χ1n) is 15.7. The average Bonchev–Trinajstić information content (AvgIpc) is 3.38. The van der Waals surface area contributed by atoms with Crippen molar-refractivity contribution in [1.29, 1.82) is 0 Å². The second-order valence-electron chi connectivity index (χ2n) is 11.8. The number of cyclic esters (lactones) is 1. The fraction of sp³-hybridized carbons (Fsp3) is 0.583. The second-order valence-corrected chi connectivity index (χ2v) is 11.8. The Balaban J connectivity index is 1.76. The molecule has 1 unspecified atom stereocenters. The van der Waals surface area contributed by atoms with E-state index in [-0.39, 0.29) is 17.5 Å². The van der Waals surface area contributed by atoms with Crippen LogP contribution in [0.5, 0.6) is 5.75 Å². The smallest absolute Gasteiger partial charge is 0.306 e. The molecular formula is C36H52O4. The third-order valence-corrected chi connectivity index (χ3v) is 9.05. The minimum Gasteiger partial charge on any atom is -0.489 e. The molecule has 2 aromatic carbocycles. The number of benzene rings is 2. The van der Waals surface area contributed by atoms with Crippen molar-refractivity contribution in [3.8, 4) is 5.75 Å². The van der Waals surface area contributed by atoms with E-state index in [1.807, 2.05) is 6.08 Å². The minimum absolute atomic E-state index is 0.0973. The van der Waals surface area contributed by atoms with E-state index < -0.39 is 5.60 Å². The van der Waals surface area contributed by atoms with Crippen LogP contribution in [0.15, 0.2) is 42.5 Å². The van der Waals surface area contributed by atoms with Crippen LogP contribution in [0, 0.1) is 13.8 Å². The Morgan fingerprint density at radius 2 is 1.60 bits per heavy atom. The van der Waals surface area contributed by atoms with Crippen LogP contribution < -0.4 is 4.74 Å². The van der Waals surface area contributed by atoms with Crippen molar-refractivity contribution >= 4 is 12.0 Å². The SMILES string of the molecule is CCCCCCC[C@](O)(C=Cc1ccc(C(CC)(CC)c2ccc(OCC3CCC(=O)O3)c(C)c2)cc1C)CC. The second kappa shape index (κ2) is 14.9. The van der Waals surface area contributed by atoms with Gasteiger partial charge in [0.25, 0.3) is 0 Å². The van der Waals surface area contributed by atoms with Crippen molar-refractivity contribution in [3.63, 3.8) is 0 Å². The maximum Gasteiger partial charge on any atom is 0.306 e. The van der Waals surface area contributed by atoms with Gasteiger partial charge in [-0.05, 0) is 79.8 Å². The summed E-state index contributed by atoms with van der Waals surface area (Å²) in [6, 6.07) is 13.3. The number of carbonyl (C=O) groups is 1. The number of hydrogen-bond donors (Lipinski definition) is 1. The molecule has 0 aliphatic carbocycles. The number of esters is 1. The highest BCUT2D eigenvalue weighted by Crippen LogP contribution is 2.41. The summed E-state index contributed by atoms with van der Waals surface area (Å²) in [5, 5.41) is 11.2. The highest BCUT2D eigenvalue weighted by Gasteiger charge is 2.32. The molecule has 1 heterocycles. The van der Waals surface area contributed by atoms with Gasteiger partial charge < -0.3 is 14.6 Å². The minimum atomic E-state index is -0.741. The maximum atomic E-state index is 11.4. The highest BCUT2D eigenvalue weighted by atomic mass is 16.6. The summed E-state index contributed by atoms with van der Waals surface area (Å²) in [7, 11) is 0. The Kier molecular flexibility index (Phi) is 11.9. The van der Waals surface area contributed by atoms with Gasteiger partial charge in [0, 0.05) is 11.8 Å². The molecule has 0 amide bonds. The van der Waals surface area contributed by atoms with E-state index in [4.69, 9.17) is 9.47 Å². The van der Waals surface area contributed by atoms with Gasteiger partial charge in [-0.3, -0.25) is 4.79 Å². The largest absolute Gasteiger partial charge is 0.489 e. The molecule has 3 rings (SSSR count). The Bertz CT molecular complexity index is 1130. The number of unbranched alkanes of at least 4 members (excludes halogenated alkanes) is 4. The molecule has 4 heteroatoms. The average molecular weight is 549 g/mol. The number of aliphatic hydroxyl groups is 1. The molecule has 2 atom stereocenters. The molecule has 0 aromatic heterocycles. The predicted octanol–water partition coefficient (Wildman–Crippen LogP) is 9.01. The number of ether oxygens (including phenoxy) is 2. The van der Waals surface area contributed by atoms with Gasteiger partial charge in [0.05, 0.1) is 5.60 Å². The van der Waals surface area contributed by atoms with Crippen LogP contribution in [0.3, 0.4) is 0 Å². The third kappa shape index (κ3) is 8.00. The number of aryl methyl sites for hydroxylation is 2. The van der Waals surface area contributed by atoms with Crippen molar-refractivity contribution in [2.24, 2.45) is 0 Å². The molecule has 0 radical (unpaired) electrons. The van der Waals surface area contributed by atoms with E-state index in [1.165, 1.54) is 42.4 Å². The van der Waals surface area contributed by atoms with Gasteiger partial charge in [-0.15, -0.1) is 0 Å². The molecule has 1 N–H and O–H groups in total. The predicted molar refractivity (Wildman–Crippen MR) is 166 cm³/mol. The Morgan fingerprint density at radius 1 is 0.925 bits per heavy atom. The molecule has 0 spiro atoms. The zero-order valence-electron chi connectivity index (χ0n) is 25.9. The van der Waals surface area contributed by atoms with Crippen LogP contribution in [0.25, 0.3) is 6.08 Å². The third-order valence-electron chi connectivity index (χ3n) is 9.05. The Hall–Kier alpha value is -2.59. The van der Waals surface area contributed by atoms with Crippen LogP contribution in [-0.2, 0) is 14.9 Å². The standard InChI is InChI=1S/C36H52O4/c1-7-11-12-13-14-22-35(38,8-2)23-21-29-15-16-30(24-27(29)5)36(9-3,10-4)31-17-19-33(28(6)25-31)39-26-32-18-20-34(37)40-32/h15-17,19,21,23-25,32,38H,7-14,18,20,22,26H2,1-6H3/t32?,35-/m0/s1. The number of rotatable bonds is 16. The van der Waals surface area contributed by atoms with E-state index in [0.717, 1.165) is 55.4 Å². The summed E-state index contributed by atoms with van der Waals surface area (Å²) in [5.41, 5.74) is 5.26. The molecule has 1 aliphatic rings. The fourth-order valence-corrected chi connectivity index (χ4v) is 6.04. The summed E-state index contributed by atoms with van der Waals surface area (Å²) in [6.07, 6.45) is 14.8. The maximum absolute atomic E-state index is 11.4. The van der Waals surface area contributed by atoms with Gasteiger partial charge >= 0.3 is 5.97 Å². The molecule has 40 heavy (non-hydrogen) atoms. The van der Waals surface area contributed by atoms with Gasteiger partial charge in [-0.2, -0.15) is 0 Å². The van der Waals surface area contributed by atoms with Crippen molar-refractivity contribution in [2.45, 2.75) is 129 Å². The lowest BCUT2D eigenvalue weighted by Gasteiger charge is -2.34. The van der Waals surface area contributed by atoms with Gasteiger partial charge in [-0.1, -0.05) is 102 Å². The van der Waals surface area contributed by atoms with Gasteiger partial charge in [0.2, 0.25) is 0 Å². The normalized spacial score (nSPS) is 17.3. The summed E-state index contributed by atoms with van der Waals surface area (Å²) in [4.78, 5) is 11.4. The van der Waals surface area contributed by atoms with Crippen molar-refractivity contribution in [2.75, 3.05) is 6.61 Å². The number of carbonyl (C=O) groups excluding carboxylic acids is 1. The van der Waals surface area contributed by atoms with Crippen molar-refractivity contribution < 1.29 is 19.4 Å². The van der Waals surface area contributed by atoms with Crippen LogP contribution in [-0.4, -0.2) is 29.4 Å². The molecule has 1 fully saturated rings. The lowest BCUT2D eigenvalue weighted by atomic mass is 9.70. The lowest BCUT2D eigenvalue weighted by molar-refractivity contribution is -0.142.